The van der Waals surface area contributed by atoms with Crippen molar-refractivity contribution < 1.29 is 13.6 Å². The number of nitriles is 1. The maximum absolute atomic E-state index is 12.6. The summed E-state index contributed by atoms with van der Waals surface area (Å²) < 4.78 is 27.1. The van der Waals surface area contributed by atoms with E-state index in [-0.39, 0.29) is 24.7 Å². The van der Waals surface area contributed by atoms with Crippen LogP contribution < -0.4 is 5.32 Å². The molecule has 0 bridgehead atoms. The highest BCUT2D eigenvalue weighted by Crippen LogP contribution is 2.21. The minimum absolute atomic E-state index is 0.0596. The van der Waals surface area contributed by atoms with Gasteiger partial charge in [-0.2, -0.15) is 24.1 Å². The highest BCUT2D eigenvalue weighted by Gasteiger charge is 2.11. The summed E-state index contributed by atoms with van der Waals surface area (Å²) in [6.45, 7) is -2.70. The van der Waals surface area contributed by atoms with Crippen molar-refractivity contribution in [3.63, 3.8) is 0 Å². The van der Waals surface area contributed by atoms with Crippen LogP contribution in [-0.2, 0) is 4.79 Å². The fourth-order valence-electron chi connectivity index (χ4n) is 2.06. The first-order valence-corrected chi connectivity index (χ1v) is 6.93. The molecule has 1 amide bonds. The lowest BCUT2D eigenvalue weighted by Crippen LogP contribution is -2.12. The first-order chi connectivity index (χ1) is 11.6. The predicted molar refractivity (Wildman–Crippen MR) is 78.9 cm³/mol. The zero-order valence-electron chi connectivity index (χ0n) is 12.2. The van der Waals surface area contributed by atoms with Crippen LogP contribution in [0, 0.1) is 11.3 Å². The molecule has 0 radical (unpaired) electrons. The zero-order chi connectivity index (χ0) is 17.1. The lowest BCUT2D eigenvalue weighted by molar-refractivity contribution is -0.116. The topological polar surface area (TPSA) is 101 Å². The van der Waals surface area contributed by atoms with Gasteiger partial charge in [-0.1, -0.05) is 0 Å². The first-order valence-electron chi connectivity index (χ1n) is 6.93. The number of fused-ring (bicyclic) bond motifs is 1. The van der Waals surface area contributed by atoms with Gasteiger partial charge in [0, 0.05) is 36.4 Å². The van der Waals surface area contributed by atoms with Gasteiger partial charge in [0.25, 0.3) is 0 Å². The van der Waals surface area contributed by atoms with Crippen LogP contribution in [0.25, 0.3) is 16.8 Å². The van der Waals surface area contributed by atoms with Crippen LogP contribution in [0.1, 0.15) is 19.4 Å². The van der Waals surface area contributed by atoms with Crippen LogP contribution in [0.2, 0.25) is 0 Å². The summed E-state index contributed by atoms with van der Waals surface area (Å²) in [5.41, 5.74) is 1.62. The van der Waals surface area contributed by atoms with Gasteiger partial charge in [0.05, 0.1) is 12.3 Å². The quantitative estimate of drug-likeness (QED) is 0.772. The van der Waals surface area contributed by atoms with Gasteiger partial charge in [-0.3, -0.25) is 10.1 Å². The molecule has 0 saturated carbocycles. The molecule has 0 aliphatic heterocycles. The van der Waals surface area contributed by atoms with E-state index in [1.165, 1.54) is 16.9 Å². The van der Waals surface area contributed by atoms with E-state index >= 15 is 0 Å². The van der Waals surface area contributed by atoms with Gasteiger partial charge < -0.3 is 0 Å². The normalized spacial score (nSPS) is 10.9. The molecule has 10 heteroatoms. The molecule has 3 aromatic rings. The van der Waals surface area contributed by atoms with Crippen LogP contribution in [-0.4, -0.2) is 30.3 Å². The maximum atomic E-state index is 12.6. The highest BCUT2D eigenvalue weighted by molar-refractivity contribution is 5.89. The minimum atomic E-state index is -2.70. The molecule has 0 spiro atoms. The molecule has 0 saturated heterocycles. The molecular formula is C14H11F2N7O. The van der Waals surface area contributed by atoms with Crippen LogP contribution in [0.4, 0.5) is 14.7 Å². The molecule has 122 valence electrons. The Hall–Kier alpha value is -3.35. The molecule has 1 N–H and O–H groups in total. The van der Waals surface area contributed by atoms with Crippen molar-refractivity contribution >= 4 is 17.5 Å². The van der Waals surface area contributed by atoms with Crippen molar-refractivity contribution in [1.82, 2.24) is 24.4 Å². The molecule has 0 aromatic carbocycles. The van der Waals surface area contributed by atoms with E-state index in [1.807, 2.05) is 6.07 Å². The Kier molecular flexibility index (Phi) is 4.15. The van der Waals surface area contributed by atoms with E-state index in [2.05, 4.69) is 20.5 Å². The number of aromatic nitrogens is 5. The lowest BCUT2D eigenvalue weighted by Gasteiger charge is -1.98. The molecule has 0 unspecified atom stereocenters. The number of halogens is 2. The van der Waals surface area contributed by atoms with Crippen LogP contribution in [0.15, 0.2) is 30.7 Å². The summed E-state index contributed by atoms with van der Waals surface area (Å²) in [6.07, 6.45) is 4.32. The largest absolute Gasteiger partial charge is 0.333 e. The highest BCUT2D eigenvalue weighted by atomic mass is 19.3. The van der Waals surface area contributed by atoms with Gasteiger partial charge in [-0.25, -0.2) is 9.20 Å². The average molecular weight is 331 g/mol. The number of pyridine rings is 1. The van der Waals surface area contributed by atoms with Crippen LogP contribution in [0.5, 0.6) is 0 Å². The monoisotopic (exact) mass is 331 g/mol. The van der Waals surface area contributed by atoms with Crippen LogP contribution >= 0.6 is 0 Å². The number of hydrogen-bond donors (Lipinski definition) is 1. The van der Waals surface area contributed by atoms with E-state index in [0.29, 0.717) is 21.5 Å². The smallest absolute Gasteiger partial charge is 0.293 e. The van der Waals surface area contributed by atoms with Gasteiger partial charge >= 0.3 is 6.55 Å². The molecule has 3 heterocycles. The molecule has 0 aliphatic rings. The molecular weight excluding hydrogens is 320 g/mol. The first kappa shape index (κ1) is 15.5. The van der Waals surface area contributed by atoms with Crippen molar-refractivity contribution in [3.05, 3.63) is 30.7 Å². The summed E-state index contributed by atoms with van der Waals surface area (Å²) in [6, 6.07) is 5.22. The van der Waals surface area contributed by atoms with Gasteiger partial charge in [0.1, 0.15) is 0 Å². The van der Waals surface area contributed by atoms with Crippen molar-refractivity contribution in [2.45, 2.75) is 19.4 Å². The number of nitrogens with zero attached hydrogens (tertiary/aromatic N) is 6. The average Bonchev–Trinajstić information content (AvgIpc) is 3.18. The Labute approximate surface area is 134 Å². The Morgan fingerprint density at radius 2 is 2.17 bits per heavy atom. The number of amides is 1. The number of hydrogen-bond acceptors (Lipinski definition) is 5. The van der Waals surface area contributed by atoms with E-state index in [1.54, 1.807) is 18.3 Å². The molecule has 3 aromatic heterocycles. The second-order valence-corrected chi connectivity index (χ2v) is 4.85. The van der Waals surface area contributed by atoms with E-state index in [0.717, 1.165) is 0 Å². The number of anilines is 1. The molecule has 24 heavy (non-hydrogen) atoms. The Morgan fingerprint density at radius 1 is 1.33 bits per heavy atom. The minimum Gasteiger partial charge on any atom is -0.293 e. The maximum Gasteiger partial charge on any atom is 0.333 e. The Bertz CT molecular complexity index is 925. The summed E-state index contributed by atoms with van der Waals surface area (Å²) in [7, 11) is 0. The zero-order valence-corrected chi connectivity index (χ0v) is 12.2. The lowest BCUT2D eigenvalue weighted by atomic mass is 10.2. The molecule has 0 fully saturated rings. The summed E-state index contributed by atoms with van der Waals surface area (Å²) in [5, 5.41) is 18.6. The third-order valence-corrected chi connectivity index (χ3v) is 3.18. The number of rotatable bonds is 5. The number of nitrogens with one attached hydrogen (secondary N) is 1. The summed E-state index contributed by atoms with van der Waals surface area (Å²) >= 11 is 0. The fraction of sp³-hybridized carbons (Fsp3) is 0.214. The molecule has 0 atom stereocenters. The number of carbonyl (C=O) groups excluding carboxylic acids is 1. The van der Waals surface area contributed by atoms with E-state index in [9.17, 15) is 13.6 Å². The summed E-state index contributed by atoms with van der Waals surface area (Å²) in [4.78, 5) is 15.7. The second kappa shape index (κ2) is 6.41. The van der Waals surface area contributed by atoms with Gasteiger partial charge in [-0.05, 0) is 12.1 Å². The second-order valence-electron chi connectivity index (χ2n) is 4.85. The SMILES string of the molecule is N#CCCC(=O)Nc1nc2ccc(-c3cnn(C(F)F)c3)cn2n1. The predicted octanol–water partition coefficient (Wildman–Crippen LogP) is 2.23. The van der Waals surface area contributed by atoms with E-state index < -0.39 is 6.55 Å². The van der Waals surface area contributed by atoms with Crippen LogP contribution in [0.3, 0.4) is 0 Å². The Balaban J connectivity index is 1.83. The van der Waals surface area contributed by atoms with Gasteiger partial charge in [-0.15, -0.1) is 5.10 Å². The third kappa shape index (κ3) is 3.19. The third-order valence-electron chi connectivity index (χ3n) is 3.18. The number of carbonyl (C=O) groups is 1. The van der Waals surface area contributed by atoms with Crippen molar-refractivity contribution in [1.29, 1.82) is 5.26 Å². The molecule has 8 nitrogen and oxygen atoms in total. The Morgan fingerprint density at radius 3 is 2.88 bits per heavy atom. The number of alkyl halides is 2. The fourth-order valence-corrected chi connectivity index (χ4v) is 2.06. The van der Waals surface area contributed by atoms with Crippen molar-refractivity contribution in [2.75, 3.05) is 5.32 Å². The van der Waals surface area contributed by atoms with Gasteiger partial charge in [0.15, 0.2) is 5.65 Å². The van der Waals surface area contributed by atoms with Crippen molar-refractivity contribution in [3.8, 4) is 17.2 Å². The van der Waals surface area contributed by atoms with Crippen molar-refractivity contribution in [2.24, 2.45) is 0 Å². The molecule has 0 aliphatic carbocycles. The van der Waals surface area contributed by atoms with E-state index in [4.69, 9.17) is 5.26 Å². The molecule has 3 rings (SSSR count). The summed E-state index contributed by atoms with van der Waals surface area (Å²) in [5.74, 6) is -0.246. The standard InChI is InChI=1S/C14H11F2N7O/c15-13(16)23-8-10(6-18-23)9-3-4-11-19-14(21-22(11)7-9)20-12(24)2-1-5-17/h3-4,6-8,13H,1-2H2,(H,20,21,24). The van der Waals surface area contributed by atoms with Gasteiger partial charge in [0.2, 0.25) is 11.9 Å².